The number of hydrogen-bond donors (Lipinski definition) is 1. The van der Waals surface area contributed by atoms with Crippen LogP contribution < -0.4 is 0 Å². The van der Waals surface area contributed by atoms with Crippen molar-refractivity contribution >= 4 is 22.5 Å². The Balaban J connectivity index is 0.000000262. The van der Waals surface area contributed by atoms with Crippen molar-refractivity contribution in [2.75, 3.05) is 0 Å². The van der Waals surface area contributed by atoms with Gasteiger partial charge in [0.1, 0.15) is 0 Å². The number of halogens is 1. The quantitative estimate of drug-likeness (QED) is 0.623. The van der Waals surface area contributed by atoms with Gasteiger partial charge in [-0.2, -0.15) is 0 Å². The molecule has 106 valence electrons. The Hall–Kier alpha value is -0.950. The van der Waals surface area contributed by atoms with Crippen molar-refractivity contribution in [2.24, 2.45) is 5.92 Å². The predicted octanol–water partition coefficient (Wildman–Crippen LogP) is 6.39. The van der Waals surface area contributed by atoms with E-state index in [1.165, 1.54) is 18.5 Å². The molecular formula is C17H26ClN. The molecule has 19 heavy (non-hydrogen) atoms. The van der Waals surface area contributed by atoms with E-state index in [1.54, 1.807) is 0 Å². The summed E-state index contributed by atoms with van der Waals surface area (Å²) in [7, 11) is 0. The maximum atomic E-state index is 6.08. The van der Waals surface area contributed by atoms with Crippen LogP contribution in [0, 0.1) is 5.92 Å². The monoisotopic (exact) mass is 279 g/mol. The number of hydrogen-bond acceptors (Lipinski definition) is 0. The number of H-pyrrole nitrogens is 1. The van der Waals surface area contributed by atoms with E-state index in [9.17, 15) is 0 Å². The van der Waals surface area contributed by atoms with Gasteiger partial charge in [-0.05, 0) is 42.9 Å². The van der Waals surface area contributed by atoms with Crippen molar-refractivity contribution in [1.82, 2.24) is 4.98 Å². The summed E-state index contributed by atoms with van der Waals surface area (Å²) >= 11 is 6.08. The van der Waals surface area contributed by atoms with Gasteiger partial charge in [0.2, 0.25) is 0 Å². The zero-order valence-electron chi connectivity index (χ0n) is 12.8. The first-order valence-electron chi connectivity index (χ1n) is 7.35. The van der Waals surface area contributed by atoms with E-state index >= 15 is 0 Å². The Morgan fingerprint density at radius 3 is 2.21 bits per heavy atom. The fourth-order valence-electron chi connectivity index (χ4n) is 1.75. The molecule has 0 aliphatic heterocycles. The van der Waals surface area contributed by atoms with Gasteiger partial charge >= 0.3 is 0 Å². The van der Waals surface area contributed by atoms with Gasteiger partial charge in [0.25, 0.3) is 0 Å². The number of aromatic nitrogens is 1. The molecule has 0 bridgehead atoms. The van der Waals surface area contributed by atoms with Crippen molar-refractivity contribution in [3.05, 3.63) is 35.0 Å². The van der Waals surface area contributed by atoms with Gasteiger partial charge in [0, 0.05) is 21.6 Å². The van der Waals surface area contributed by atoms with Crippen LogP contribution >= 0.6 is 11.6 Å². The maximum Gasteiger partial charge on any atom is 0.0499 e. The van der Waals surface area contributed by atoms with Crippen molar-refractivity contribution in [1.29, 1.82) is 0 Å². The molecule has 1 fully saturated rings. The van der Waals surface area contributed by atoms with E-state index < -0.39 is 0 Å². The van der Waals surface area contributed by atoms with Crippen LogP contribution in [0.3, 0.4) is 0 Å². The molecule has 1 aromatic heterocycles. The molecule has 0 radical (unpaired) electrons. The zero-order valence-corrected chi connectivity index (χ0v) is 13.5. The average molecular weight is 280 g/mol. The minimum absolute atomic E-state index is 0.767. The lowest BCUT2D eigenvalue weighted by atomic mass is 10.2. The molecule has 1 N–H and O–H groups in total. The molecule has 0 amide bonds. The van der Waals surface area contributed by atoms with Gasteiger partial charge in [0.15, 0.2) is 0 Å². The molecule has 1 aliphatic carbocycles. The highest BCUT2D eigenvalue weighted by Gasteiger charge is 2.25. The van der Waals surface area contributed by atoms with Crippen molar-refractivity contribution in [3.8, 4) is 0 Å². The van der Waals surface area contributed by atoms with Crippen LogP contribution in [0.4, 0.5) is 0 Å². The zero-order chi connectivity index (χ0) is 14.4. The molecule has 0 saturated heterocycles. The number of rotatable bonds is 1. The first kappa shape index (κ1) is 16.1. The standard InChI is InChI=1S/C11H10ClN.C4H10.C2H6/c12-9-2-1-3-10-8(9)6-11(13-10)7-4-5-7;1-4(2)3;1-2/h1-3,6-7,13H,4-5H2;4H,1-3H3;1-2H3. The Morgan fingerprint density at radius 1 is 1.16 bits per heavy atom. The van der Waals surface area contributed by atoms with E-state index in [2.05, 4.69) is 37.9 Å². The summed E-state index contributed by atoms with van der Waals surface area (Å²) in [5.74, 6) is 1.60. The molecule has 1 aliphatic rings. The number of benzene rings is 1. The molecule has 0 unspecified atom stereocenters. The summed E-state index contributed by atoms with van der Waals surface area (Å²) < 4.78 is 0. The second kappa shape index (κ2) is 7.59. The Bertz CT molecular complexity index is 492. The fraction of sp³-hybridized carbons (Fsp3) is 0.529. The molecule has 3 rings (SSSR count). The highest BCUT2D eigenvalue weighted by molar-refractivity contribution is 6.35. The van der Waals surface area contributed by atoms with E-state index in [-0.39, 0.29) is 0 Å². The summed E-state index contributed by atoms with van der Waals surface area (Å²) in [6, 6.07) is 8.19. The minimum atomic E-state index is 0.767. The predicted molar refractivity (Wildman–Crippen MR) is 87.1 cm³/mol. The van der Waals surface area contributed by atoms with Crippen LogP contribution in [-0.2, 0) is 0 Å². The third-order valence-electron chi connectivity index (χ3n) is 2.65. The van der Waals surface area contributed by atoms with E-state index in [0.717, 1.165) is 27.8 Å². The molecule has 0 spiro atoms. The first-order valence-corrected chi connectivity index (χ1v) is 7.73. The molecule has 1 heterocycles. The van der Waals surface area contributed by atoms with Gasteiger partial charge < -0.3 is 4.98 Å². The third-order valence-corrected chi connectivity index (χ3v) is 2.98. The Kier molecular flexibility index (Phi) is 6.44. The summed E-state index contributed by atoms with van der Waals surface area (Å²) in [6.45, 7) is 10.5. The smallest absolute Gasteiger partial charge is 0.0499 e. The highest BCUT2D eigenvalue weighted by atomic mass is 35.5. The summed E-state index contributed by atoms with van der Waals surface area (Å²) in [5, 5.41) is 2.01. The Labute approximate surface area is 122 Å². The van der Waals surface area contributed by atoms with Crippen LogP contribution in [0.2, 0.25) is 5.02 Å². The number of aromatic amines is 1. The second-order valence-electron chi connectivity index (χ2n) is 5.43. The van der Waals surface area contributed by atoms with Crippen molar-refractivity contribution in [3.63, 3.8) is 0 Å². The number of fused-ring (bicyclic) bond motifs is 1. The first-order chi connectivity index (χ1) is 9.08. The molecule has 1 saturated carbocycles. The molecule has 1 aromatic carbocycles. The average Bonchev–Trinajstić information content (AvgIpc) is 3.12. The molecule has 2 aromatic rings. The maximum absolute atomic E-state index is 6.08. The summed E-state index contributed by atoms with van der Waals surface area (Å²) in [6.07, 6.45) is 2.65. The molecule has 0 atom stereocenters. The van der Waals surface area contributed by atoms with Gasteiger partial charge in [-0.1, -0.05) is 52.3 Å². The Morgan fingerprint density at radius 2 is 1.74 bits per heavy atom. The van der Waals surface area contributed by atoms with Gasteiger partial charge in [-0.3, -0.25) is 0 Å². The lowest BCUT2D eigenvalue weighted by Crippen LogP contribution is -1.74. The van der Waals surface area contributed by atoms with Crippen LogP contribution in [-0.4, -0.2) is 4.98 Å². The molecule has 2 heteroatoms. The van der Waals surface area contributed by atoms with Crippen LogP contribution in [0.5, 0.6) is 0 Å². The van der Waals surface area contributed by atoms with E-state index in [4.69, 9.17) is 11.6 Å². The summed E-state index contributed by atoms with van der Waals surface area (Å²) in [5.41, 5.74) is 2.51. The van der Waals surface area contributed by atoms with E-state index in [0.29, 0.717) is 0 Å². The normalized spacial score (nSPS) is 13.6. The highest BCUT2D eigenvalue weighted by Crippen LogP contribution is 2.41. The van der Waals surface area contributed by atoms with Gasteiger partial charge in [-0.15, -0.1) is 0 Å². The fourth-order valence-corrected chi connectivity index (χ4v) is 1.98. The van der Waals surface area contributed by atoms with Crippen molar-refractivity contribution in [2.45, 2.75) is 53.4 Å². The van der Waals surface area contributed by atoms with Crippen molar-refractivity contribution < 1.29 is 0 Å². The largest absolute Gasteiger partial charge is 0.358 e. The van der Waals surface area contributed by atoms with Crippen LogP contribution in [0.25, 0.3) is 10.9 Å². The van der Waals surface area contributed by atoms with Crippen LogP contribution in [0.1, 0.15) is 59.1 Å². The van der Waals surface area contributed by atoms with Gasteiger partial charge in [0.05, 0.1) is 0 Å². The SMILES string of the molecule is CC.CC(C)C.Clc1cccc2[nH]c(C3CC3)cc12. The molecule has 1 nitrogen and oxygen atoms in total. The topological polar surface area (TPSA) is 15.8 Å². The van der Waals surface area contributed by atoms with Gasteiger partial charge in [-0.25, -0.2) is 0 Å². The molecular weight excluding hydrogens is 254 g/mol. The minimum Gasteiger partial charge on any atom is -0.358 e. The lowest BCUT2D eigenvalue weighted by Gasteiger charge is -1.90. The van der Waals surface area contributed by atoms with E-state index in [1.807, 2.05) is 26.0 Å². The second-order valence-corrected chi connectivity index (χ2v) is 5.84. The lowest BCUT2D eigenvalue weighted by molar-refractivity contribution is 0.737. The van der Waals surface area contributed by atoms with Crippen LogP contribution in [0.15, 0.2) is 24.3 Å². The third kappa shape index (κ3) is 4.91. The summed E-state index contributed by atoms with van der Waals surface area (Å²) in [4.78, 5) is 3.41. The number of nitrogens with one attached hydrogen (secondary N) is 1.